The third-order valence-corrected chi connectivity index (χ3v) is 2.85. The minimum atomic E-state index is -1.14. The lowest BCUT2D eigenvalue weighted by atomic mass is 10.3. The van der Waals surface area contributed by atoms with Crippen LogP contribution >= 0.6 is 0 Å². The second-order valence-corrected chi connectivity index (χ2v) is 4.46. The normalized spacial score (nSPS) is 10.0. The molecular formula is C13H14N6O5. The van der Waals surface area contributed by atoms with E-state index in [4.69, 9.17) is 15.6 Å². The second-order valence-electron chi connectivity index (χ2n) is 4.46. The van der Waals surface area contributed by atoms with Gasteiger partial charge in [-0.25, -0.2) is 0 Å². The van der Waals surface area contributed by atoms with E-state index in [1.54, 1.807) is 24.3 Å². The highest BCUT2D eigenvalue weighted by molar-refractivity contribution is 5.77. The molecule has 0 unspecified atom stereocenters. The first-order valence-corrected chi connectivity index (χ1v) is 6.60. The molecular weight excluding hydrogens is 320 g/mol. The summed E-state index contributed by atoms with van der Waals surface area (Å²) in [6, 6.07) is 6.71. The van der Waals surface area contributed by atoms with Crippen LogP contribution in [-0.4, -0.2) is 39.6 Å². The van der Waals surface area contributed by atoms with Crippen molar-refractivity contribution in [3.63, 3.8) is 0 Å². The number of carbonyl (C=O) groups is 1. The van der Waals surface area contributed by atoms with Gasteiger partial charge >= 0.3 is 11.7 Å². The number of nitro groups is 1. The van der Waals surface area contributed by atoms with E-state index in [0.29, 0.717) is 11.4 Å². The molecule has 5 N–H and O–H groups in total. The summed E-state index contributed by atoms with van der Waals surface area (Å²) in [5.41, 5.74) is 5.50. The number of methoxy groups -OCH3 is 1. The monoisotopic (exact) mass is 334 g/mol. The molecule has 0 aliphatic carbocycles. The summed E-state index contributed by atoms with van der Waals surface area (Å²) in [7, 11) is 1.45. The molecule has 11 heteroatoms. The van der Waals surface area contributed by atoms with E-state index < -0.39 is 28.9 Å². The Kier molecular flexibility index (Phi) is 4.94. The van der Waals surface area contributed by atoms with Gasteiger partial charge in [-0.05, 0) is 12.1 Å². The van der Waals surface area contributed by atoms with Crippen molar-refractivity contribution in [1.82, 2.24) is 9.97 Å². The van der Waals surface area contributed by atoms with Crippen molar-refractivity contribution in [3.05, 3.63) is 34.4 Å². The zero-order valence-corrected chi connectivity index (χ0v) is 12.5. The summed E-state index contributed by atoms with van der Waals surface area (Å²) in [6.45, 7) is -0.467. The number of aliphatic carboxylic acids is 1. The van der Waals surface area contributed by atoms with Crippen LogP contribution < -0.4 is 21.1 Å². The Balaban J connectivity index is 2.45. The molecule has 1 aromatic carbocycles. The van der Waals surface area contributed by atoms with E-state index in [1.807, 2.05) is 0 Å². The van der Waals surface area contributed by atoms with Crippen LogP contribution in [0.25, 0.3) is 0 Å². The lowest BCUT2D eigenvalue weighted by Gasteiger charge is -2.12. The number of nitrogens with zero attached hydrogens (tertiary/aromatic N) is 3. The molecule has 0 amide bonds. The van der Waals surface area contributed by atoms with Crippen LogP contribution in [0.4, 0.5) is 29.0 Å². The molecule has 0 atom stereocenters. The third-order valence-electron chi connectivity index (χ3n) is 2.85. The number of benzene rings is 1. The molecule has 11 nitrogen and oxygen atoms in total. The Morgan fingerprint density at radius 3 is 2.75 bits per heavy atom. The maximum Gasteiger partial charge on any atom is 0.353 e. The molecule has 2 rings (SSSR count). The molecule has 0 saturated heterocycles. The zero-order chi connectivity index (χ0) is 17.7. The van der Waals surface area contributed by atoms with Gasteiger partial charge in [0.15, 0.2) is 0 Å². The molecule has 1 heterocycles. The number of aromatic nitrogens is 2. The highest BCUT2D eigenvalue weighted by atomic mass is 16.6. The smallest absolute Gasteiger partial charge is 0.353 e. The number of ether oxygens (including phenoxy) is 1. The fraction of sp³-hybridized carbons (Fsp3) is 0.154. The van der Waals surface area contributed by atoms with E-state index >= 15 is 0 Å². The molecule has 0 bridgehead atoms. The van der Waals surface area contributed by atoms with Crippen molar-refractivity contribution >= 4 is 34.9 Å². The lowest BCUT2D eigenvalue weighted by molar-refractivity contribution is -0.383. The highest BCUT2D eigenvalue weighted by Crippen LogP contribution is 2.34. The maximum atomic E-state index is 11.2. The van der Waals surface area contributed by atoms with Gasteiger partial charge in [-0.3, -0.25) is 14.9 Å². The van der Waals surface area contributed by atoms with E-state index in [1.165, 1.54) is 7.11 Å². The number of carboxylic acids is 1. The summed E-state index contributed by atoms with van der Waals surface area (Å²) in [6.07, 6.45) is 0. The number of carboxylic acid groups (broad SMARTS) is 1. The molecule has 0 aliphatic rings. The van der Waals surface area contributed by atoms with Crippen molar-refractivity contribution in [3.8, 4) is 5.75 Å². The van der Waals surface area contributed by atoms with Gasteiger partial charge in [0.2, 0.25) is 17.6 Å². The SMILES string of the molecule is COc1ccccc1Nc1nc(NCC(=O)O)nc(N)c1[N+](=O)[O-]. The lowest BCUT2D eigenvalue weighted by Crippen LogP contribution is -2.16. The van der Waals surface area contributed by atoms with E-state index in [9.17, 15) is 14.9 Å². The average Bonchev–Trinajstić information content (AvgIpc) is 2.52. The first kappa shape index (κ1) is 16.7. The first-order valence-electron chi connectivity index (χ1n) is 6.60. The minimum Gasteiger partial charge on any atom is -0.495 e. The summed E-state index contributed by atoms with van der Waals surface area (Å²) < 4.78 is 5.16. The van der Waals surface area contributed by atoms with Gasteiger partial charge in [0.05, 0.1) is 17.7 Å². The molecule has 0 aliphatic heterocycles. The van der Waals surface area contributed by atoms with Gasteiger partial charge in [0.25, 0.3) is 0 Å². The second kappa shape index (κ2) is 7.09. The van der Waals surface area contributed by atoms with Crippen LogP contribution in [0.15, 0.2) is 24.3 Å². The van der Waals surface area contributed by atoms with Crippen LogP contribution in [0.2, 0.25) is 0 Å². The van der Waals surface area contributed by atoms with Crippen molar-refractivity contribution in [2.45, 2.75) is 0 Å². The summed E-state index contributed by atoms with van der Waals surface area (Å²) in [4.78, 5) is 28.7. The molecule has 24 heavy (non-hydrogen) atoms. The first-order chi connectivity index (χ1) is 11.4. The number of para-hydroxylation sites is 2. The number of nitrogens with one attached hydrogen (secondary N) is 2. The van der Waals surface area contributed by atoms with Gasteiger partial charge in [-0.15, -0.1) is 0 Å². The third kappa shape index (κ3) is 3.76. The van der Waals surface area contributed by atoms with E-state index in [-0.39, 0.29) is 11.8 Å². The quantitative estimate of drug-likeness (QED) is 0.427. The molecule has 0 spiro atoms. The van der Waals surface area contributed by atoms with Gasteiger partial charge in [0, 0.05) is 0 Å². The van der Waals surface area contributed by atoms with Gasteiger partial charge < -0.3 is 26.2 Å². The van der Waals surface area contributed by atoms with Crippen LogP contribution in [0, 0.1) is 10.1 Å². The average molecular weight is 334 g/mol. The van der Waals surface area contributed by atoms with Gasteiger partial charge in [-0.1, -0.05) is 12.1 Å². The standard InChI is InChI=1S/C13H14N6O5/c1-24-8-5-3-2-4-7(8)16-12-10(19(22)23)11(14)17-13(18-12)15-6-9(20)21/h2-5H,6H2,1H3,(H,20,21)(H4,14,15,16,17,18). The van der Waals surface area contributed by atoms with Crippen LogP contribution in [0.5, 0.6) is 5.75 Å². The highest BCUT2D eigenvalue weighted by Gasteiger charge is 2.24. The minimum absolute atomic E-state index is 0.155. The summed E-state index contributed by atoms with van der Waals surface area (Å²) >= 11 is 0. The molecule has 0 saturated carbocycles. The predicted molar refractivity (Wildman–Crippen MR) is 85.5 cm³/mol. The van der Waals surface area contributed by atoms with Crippen LogP contribution in [0.1, 0.15) is 0 Å². The van der Waals surface area contributed by atoms with Crippen molar-refractivity contribution < 1.29 is 19.6 Å². The van der Waals surface area contributed by atoms with Gasteiger partial charge in [0.1, 0.15) is 12.3 Å². The van der Waals surface area contributed by atoms with Crippen molar-refractivity contribution in [2.24, 2.45) is 0 Å². The molecule has 126 valence electrons. The summed E-state index contributed by atoms with van der Waals surface area (Å²) in [5, 5.41) is 25.1. The fourth-order valence-electron chi connectivity index (χ4n) is 1.85. The number of nitrogen functional groups attached to an aromatic ring is 1. The fourth-order valence-corrected chi connectivity index (χ4v) is 1.85. The number of rotatable bonds is 7. The molecule has 2 aromatic rings. The molecule has 0 radical (unpaired) electrons. The van der Waals surface area contributed by atoms with Crippen molar-refractivity contribution in [2.75, 3.05) is 30.0 Å². The topological polar surface area (TPSA) is 166 Å². The van der Waals surface area contributed by atoms with E-state index in [0.717, 1.165) is 0 Å². The Labute approximate surface area is 135 Å². The number of hydrogen-bond donors (Lipinski definition) is 4. The zero-order valence-electron chi connectivity index (χ0n) is 12.5. The molecule has 1 aromatic heterocycles. The maximum absolute atomic E-state index is 11.2. The van der Waals surface area contributed by atoms with E-state index in [2.05, 4.69) is 20.6 Å². The van der Waals surface area contributed by atoms with Gasteiger partial charge in [-0.2, -0.15) is 9.97 Å². The number of anilines is 4. The molecule has 0 fully saturated rings. The van der Waals surface area contributed by atoms with Crippen LogP contribution in [-0.2, 0) is 4.79 Å². The largest absolute Gasteiger partial charge is 0.495 e. The Bertz CT molecular complexity index is 781. The summed E-state index contributed by atoms with van der Waals surface area (Å²) in [5.74, 6) is -1.46. The Morgan fingerprint density at radius 1 is 1.42 bits per heavy atom. The predicted octanol–water partition coefficient (Wildman–Crippen LogP) is 1.22. The van der Waals surface area contributed by atoms with Crippen LogP contribution in [0.3, 0.4) is 0 Å². The van der Waals surface area contributed by atoms with Crippen molar-refractivity contribution in [1.29, 1.82) is 0 Å². The Morgan fingerprint density at radius 2 is 2.12 bits per heavy atom. The number of nitrogens with two attached hydrogens (primary N) is 1. The number of hydrogen-bond acceptors (Lipinski definition) is 9. The Hall–Kier alpha value is -3.63.